The van der Waals surface area contributed by atoms with Crippen LogP contribution >= 0.6 is 23.2 Å². The summed E-state index contributed by atoms with van der Waals surface area (Å²) in [7, 11) is 1.85. The smallest absolute Gasteiger partial charge is 0.211 e. The van der Waals surface area contributed by atoms with Crippen LogP contribution in [-0.4, -0.2) is 12.0 Å². The first-order chi connectivity index (χ1) is 8.11. The molecular weight excluding hydrogens is 259 g/mol. The SMILES string of the molecule is CNC(C)c1ncc(-c2cc(Cl)ccc2Cl)o1. The predicted octanol–water partition coefficient (Wildman–Crippen LogP) is 3.93. The van der Waals surface area contributed by atoms with Gasteiger partial charge in [0.15, 0.2) is 5.76 Å². The number of hydrogen-bond acceptors (Lipinski definition) is 3. The maximum Gasteiger partial charge on any atom is 0.211 e. The van der Waals surface area contributed by atoms with Gasteiger partial charge in [0.1, 0.15) is 0 Å². The van der Waals surface area contributed by atoms with E-state index in [1.165, 1.54) is 0 Å². The number of benzene rings is 1. The molecule has 5 heteroatoms. The average molecular weight is 271 g/mol. The van der Waals surface area contributed by atoms with Crippen LogP contribution in [-0.2, 0) is 0 Å². The lowest BCUT2D eigenvalue weighted by Gasteiger charge is -2.04. The third kappa shape index (κ3) is 2.63. The summed E-state index contributed by atoms with van der Waals surface area (Å²) in [5.41, 5.74) is 0.751. The minimum Gasteiger partial charge on any atom is -0.439 e. The zero-order valence-corrected chi connectivity index (χ0v) is 11.0. The van der Waals surface area contributed by atoms with Crippen LogP contribution in [0.2, 0.25) is 10.0 Å². The van der Waals surface area contributed by atoms with Crippen molar-refractivity contribution >= 4 is 23.2 Å². The number of aromatic nitrogens is 1. The lowest BCUT2D eigenvalue weighted by molar-refractivity contribution is 0.441. The molecule has 3 nitrogen and oxygen atoms in total. The maximum absolute atomic E-state index is 6.09. The van der Waals surface area contributed by atoms with E-state index < -0.39 is 0 Å². The number of rotatable bonds is 3. The van der Waals surface area contributed by atoms with Crippen molar-refractivity contribution in [1.29, 1.82) is 0 Å². The quantitative estimate of drug-likeness (QED) is 0.919. The molecule has 1 unspecified atom stereocenters. The molecule has 17 heavy (non-hydrogen) atoms. The van der Waals surface area contributed by atoms with E-state index in [4.69, 9.17) is 27.6 Å². The van der Waals surface area contributed by atoms with Gasteiger partial charge in [-0.05, 0) is 32.2 Å². The second-order valence-corrected chi connectivity index (χ2v) is 4.54. The Morgan fingerprint density at radius 2 is 2.12 bits per heavy atom. The molecule has 0 aliphatic rings. The van der Waals surface area contributed by atoms with Crippen molar-refractivity contribution in [2.24, 2.45) is 0 Å². The summed E-state index contributed by atoms with van der Waals surface area (Å²) < 4.78 is 5.64. The zero-order chi connectivity index (χ0) is 12.4. The first kappa shape index (κ1) is 12.4. The van der Waals surface area contributed by atoms with E-state index in [0.717, 1.165) is 5.56 Å². The van der Waals surface area contributed by atoms with Crippen molar-refractivity contribution < 1.29 is 4.42 Å². The van der Waals surface area contributed by atoms with E-state index in [-0.39, 0.29) is 6.04 Å². The van der Waals surface area contributed by atoms with Crippen molar-refractivity contribution in [3.8, 4) is 11.3 Å². The Morgan fingerprint density at radius 3 is 2.82 bits per heavy atom. The van der Waals surface area contributed by atoms with E-state index in [1.54, 1.807) is 24.4 Å². The second-order valence-electron chi connectivity index (χ2n) is 3.70. The topological polar surface area (TPSA) is 38.1 Å². The molecule has 1 aromatic carbocycles. The summed E-state index contributed by atoms with van der Waals surface area (Å²) in [6, 6.07) is 5.30. The third-order valence-corrected chi connectivity index (χ3v) is 3.09. The van der Waals surface area contributed by atoms with E-state index in [1.807, 2.05) is 14.0 Å². The van der Waals surface area contributed by atoms with Gasteiger partial charge >= 0.3 is 0 Å². The fourth-order valence-corrected chi connectivity index (χ4v) is 1.80. The van der Waals surface area contributed by atoms with Crippen molar-refractivity contribution in [2.75, 3.05) is 7.05 Å². The van der Waals surface area contributed by atoms with E-state index in [0.29, 0.717) is 21.7 Å². The lowest BCUT2D eigenvalue weighted by atomic mass is 10.2. The average Bonchev–Trinajstić information content (AvgIpc) is 2.80. The summed E-state index contributed by atoms with van der Waals surface area (Å²) in [5.74, 6) is 1.24. The van der Waals surface area contributed by atoms with Gasteiger partial charge in [-0.3, -0.25) is 0 Å². The monoisotopic (exact) mass is 270 g/mol. The number of nitrogens with zero attached hydrogens (tertiary/aromatic N) is 1. The molecule has 2 rings (SSSR count). The van der Waals surface area contributed by atoms with Crippen molar-refractivity contribution in [3.63, 3.8) is 0 Å². The van der Waals surface area contributed by atoms with Gasteiger partial charge in [0.05, 0.1) is 17.3 Å². The van der Waals surface area contributed by atoms with Crippen LogP contribution in [0.4, 0.5) is 0 Å². The Bertz CT molecular complexity index is 525. The van der Waals surface area contributed by atoms with Crippen LogP contribution in [0.15, 0.2) is 28.8 Å². The zero-order valence-electron chi connectivity index (χ0n) is 9.50. The molecule has 0 bridgehead atoms. The van der Waals surface area contributed by atoms with Gasteiger partial charge in [-0.15, -0.1) is 0 Å². The molecule has 90 valence electrons. The number of halogens is 2. The first-order valence-electron chi connectivity index (χ1n) is 5.20. The largest absolute Gasteiger partial charge is 0.439 e. The minimum atomic E-state index is 0.0571. The van der Waals surface area contributed by atoms with E-state index >= 15 is 0 Å². The molecule has 0 saturated carbocycles. The molecule has 2 aromatic rings. The summed E-state index contributed by atoms with van der Waals surface area (Å²) >= 11 is 12.0. The summed E-state index contributed by atoms with van der Waals surface area (Å²) in [6.45, 7) is 1.97. The highest BCUT2D eigenvalue weighted by molar-refractivity contribution is 6.35. The van der Waals surface area contributed by atoms with Gasteiger partial charge in [-0.2, -0.15) is 0 Å². The van der Waals surface area contributed by atoms with Gasteiger partial charge in [0, 0.05) is 10.6 Å². The van der Waals surface area contributed by atoms with Crippen molar-refractivity contribution in [3.05, 3.63) is 40.3 Å². The molecule has 0 spiro atoms. The Morgan fingerprint density at radius 1 is 1.35 bits per heavy atom. The summed E-state index contributed by atoms with van der Waals surface area (Å²) in [6.07, 6.45) is 1.65. The van der Waals surface area contributed by atoms with Gasteiger partial charge in [0.25, 0.3) is 0 Å². The van der Waals surface area contributed by atoms with Gasteiger partial charge in [-0.25, -0.2) is 4.98 Å². The Balaban J connectivity index is 2.40. The van der Waals surface area contributed by atoms with E-state index in [2.05, 4.69) is 10.3 Å². The third-order valence-electron chi connectivity index (χ3n) is 2.52. The Labute approximate surface area is 110 Å². The predicted molar refractivity (Wildman–Crippen MR) is 69.4 cm³/mol. The Kier molecular flexibility index (Phi) is 3.72. The first-order valence-corrected chi connectivity index (χ1v) is 5.96. The number of oxazole rings is 1. The molecule has 1 heterocycles. The molecule has 1 atom stereocenters. The highest BCUT2D eigenvalue weighted by Crippen LogP contribution is 2.31. The lowest BCUT2D eigenvalue weighted by Crippen LogP contribution is -2.12. The fourth-order valence-electron chi connectivity index (χ4n) is 1.42. The minimum absolute atomic E-state index is 0.0571. The highest BCUT2D eigenvalue weighted by atomic mass is 35.5. The van der Waals surface area contributed by atoms with Crippen molar-refractivity contribution in [1.82, 2.24) is 10.3 Å². The van der Waals surface area contributed by atoms with Crippen molar-refractivity contribution in [2.45, 2.75) is 13.0 Å². The molecular formula is C12H12Cl2N2O. The summed E-state index contributed by atoms with van der Waals surface area (Å²) in [5, 5.41) is 4.26. The normalized spacial score (nSPS) is 12.7. The van der Waals surface area contributed by atoms with Gasteiger partial charge in [-0.1, -0.05) is 23.2 Å². The molecule has 1 N–H and O–H groups in total. The maximum atomic E-state index is 6.09. The van der Waals surface area contributed by atoms with Crippen LogP contribution in [0.25, 0.3) is 11.3 Å². The van der Waals surface area contributed by atoms with Crippen LogP contribution in [0, 0.1) is 0 Å². The summed E-state index contributed by atoms with van der Waals surface area (Å²) in [4.78, 5) is 4.20. The molecule has 0 aliphatic heterocycles. The van der Waals surface area contributed by atoms with E-state index in [9.17, 15) is 0 Å². The Hall–Kier alpha value is -1.03. The van der Waals surface area contributed by atoms with Crippen LogP contribution in [0.1, 0.15) is 18.9 Å². The molecule has 0 amide bonds. The molecule has 0 radical (unpaired) electrons. The fraction of sp³-hybridized carbons (Fsp3) is 0.250. The van der Waals surface area contributed by atoms with Crippen LogP contribution in [0.5, 0.6) is 0 Å². The number of hydrogen-bond donors (Lipinski definition) is 1. The molecule has 0 aliphatic carbocycles. The second kappa shape index (κ2) is 5.08. The molecule has 1 aromatic heterocycles. The van der Waals surface area contributed by atoms with Crippen LogP contribution < -0.4 is 5.32 Å². The standard InChI is InChI=1S/C12H12Cl2N2O/c1-7(15-2)12-16-6-11(17-12)9-5-8(13)3-4-10(9)14/h3-7,15H,1-2H3. The molecule has 0 fully saturated rings. The van der Waals surface area contributed by atoms with Gasteiger partial charge < -0.3 is 9.73 Å². The highest BCUT2D eigenvalue weighted by Gasteiger charge is 2.13. The van der Waals surface area contributed by atoms with Crippen LogP contribution in [0.3, 0.4) is 0 Å². The molecule has 0 saturated heterocycles. The van der Waals surface area contributed by atoms with Gasteiger partial charge in [0.2, 0.25) is 5.89 Å². The number of nitrogens with one attached hydrogen (secondary N) is 1.